The van der Waals surface area contributed by atoms with Gasteiger partial charge in [0.2, 0.25) is 0 Å². The van der Waals surface area contributed by atoms with Gasteiger partial charge in [0.25, 0.3) is 5.91 Å². The smallest absolute Gasteiger partial charge is 0.251 e. The predicted octanol–water partition coefficient (Wildman–Crippen LogP) is 2.45. The molecule has 0 saturated heterocycles. The lowest BCUT2D eigenvalue weighted by molar-refractivity contribution is 0.0900. The van der Waals surface area contributed by atoms with Gasteiger partial charge in [-0.15, -0.1) is 0 Å². The third kappa shape index (κ3) is 4.10. The number of hydrogen-bond donors (Lipinski definition) is 2. The Bertz CT molecular complexity index is 589. The number of amides is 1. The molecule has 1 aromatic heterocycles. The van der Waals surface area contributed by atoms with Crippen LogP contribution in [0.1, 0.15) is 34.9 Å². The monoisotopic (exact) mass is 289 g/mol. The van der Waals surface area contributed by atoms with E-state index in [2.05, 4.69) is 5.32 Å². The number of nitrogens with one attached hydrogen (secondary N) is 1. The predicted molar refractivity (Wildman–Crippen MR) is 78.3 cm³/mol. The summed E-state index contributed by atoms with van der Waals surface area (Å²) in [7, 11) is 0. The van der Waals surface area contributed by atoms with E-state index in [1.165, 1.54) is 0 Å². The molecule has 1 amide bonds. The molecule has 0 aliphatic heterocycles. The van der Waals surface area contributed by atoms with Crippen molar-refractivity contribution in [3.63, 3.8) is 0 Å². The maximum absolute atomic E-state index is 12.0. The lowest BCUT2D eigenvalue weighted by atomic mass is 10.2. The molecule has 5 nitrogen and oxygen atoms in total. The molecule has 1 aromatic carbocycles. The van der Waals surface area contributed by atoms with Gasteiger partial charge in [0.1, 0.15) is 23.4 Å². The zero-order valence-electron chi connectivity index (χ0n) is 12.1. The summed E-state index contributed by atoms with van der Waals surface area (Å²) in [5, 5.41) is 12.6. The van der Waals surface area contributed by atoms with Gasteiger partial charge >= 0.3 is 0 Å². The number of furan rings is 1. The van der Waals surface area contributed by atoms with Gasteiger partial charge in [-0.2, -0.15) is 0 Å². The van der Waals surface area contributed by atoms with Gasteiger partial charge in [-0.3, -0.25) is 4.79 Å². The van der Waals surface area contributed by atoms with Crippen LogP contribution < -0.4 is 10.1 Å². The van der Waals surface area contributed by atoms with Crippen molar-refractivity contribution < 1.29 is 19.1 Å². The average molecular weight is 289 g/mol. The standard InChI is InChI=1S/C16H19NO4/c1-3-20-13-7-5-12(6-8-13)16(19)17-10-14(18)15-9-4-11(2)21-15/h4-9,14,18H,3,10H2,1-2H3,(H,17,19). The third-order valence-electron chi connectivity index (χ3n) is 2.97. The minimum absolute atomic E-state index is 0.0962. The van der Waals surface area contributed by atoms with Crippen LogP contribution >= 0.6 is 0 Å². The van der Waals surface area contributed by atoms with Gasteiger partial charge < -0.3 is 19.6 Å². The fourth-order valence-corrected chi connectivity index (χ4v) is 1.89. The number of carbonyl (C=O) groups is 1. The molecule has 2 N–H and O–H groups in total. The molecule has 0 aliphatic rings. The molecule has 2 rings (SSSR count). The van der Waals surface area contributed by atoms with Crippen molar-refractivity contribution in [1.29, 1.82) is 0 Å². The molecule has 0 aliphatic carbocycles. The van der Waals surface area contributed by atoms with Crippen LogP contribution in [0.5, 0.6) is 5.75 Å². The summed E-state index contributed by atoms with van der Waals surface area (Å²) in [6, 6.07) is 10.3. The van der Waals surface area contributed by atoms with E-state index in [9.17, 15) is 9.90 Å². The van der Waals surface area contributed by atoms with Crippen LogP contribution in [0.3, 0.4) is 0 Å². The Balaban J connectivity index is 1.89. The van der Waals surface area contributed by atoms with E-state index < -0.39 is 6.10 Å². The van der Waals surface area contributed by atoms with Crippen LogP contribution in [0.4, 0.5) is 0 Å². The number of aliphatic hydroxyl groups is 1. The highest BCUT2D eigenvalue weighted by Gasteiger charge is 2.13. The lowest BCUT2D eigenvalue weighted by Crippen LogP contribution is -2.28. The van der Waals surface area contributed by atoms with E-state index in [4.69, 9.17) is 9.15 Å². The summed E-state index contributed by atoms with van der Waals surface area (Å²) in [5.74, 6) is 1.64. The molecule has 1 unspecified atom stereocenters. The summed E-state index contributed by atoms with van der Waals surface area (Å²) in [5.41, 5.74) is 0.515. The number of hydrogen-bond acceptors (Lipinski definition) is 4. The summed E-state index contributed by atoms with van der Waals surface area (Å²) in [4.78, 5) is 12.0. The summed E-state index contributed by atoms with van der Waals surface area (Å²) >= 11 is 0. The van der Waals surface area contributed by atoms with Crippen molar-refractivity contribution in [3.05, 3.63) is 53.5 Å². The second kappa shape index (κ2) is 6.95. The molecule has 21 heavy (non-hydrogen) atoms. The zero-order valence-corrected chi connectivity index (χ0v) is 12.1. The fraction of sp³-hybridized carbons (Fsp3) is 0.312. The summed E-state index contributed by atoms with van der Waals surface area (Å²) in [6.45, 7) is 4.38. The first-order valence-corrected chi connectivity index (χ1v) is 6.85. The Morgan fingerprint density at radius 1 is 1.29 bits per heavy atom. The largest absolute Gasteiger partial charge is 0.494 e. The first-order valence-electron chi connectivity index (χ1n) is 6.85. The van der Waals surface area contributed by atoms with E-state index in [1.807, 2.05) is 6.92 Å². The maximum atomic E-state index is 12.0. The van der Waals surface area contributed by atoms with Crippen molar-refractivity contribution in [1.82, 2.24) is 5.32 Å². The van der Waals surface area contributed by atoms with Gasteiger partial charge in [-0.1, -0.05) is 0 Å². The van der Waals surface area contributed by atoms with E-state index in [0.29, 0.717) is 17.9 Å². The molecule has 1 heterocycles. The Hall–Kier alpha value is -2.27. The van der Waals surface area contributed by atoms with E-state index in [0.717, 1.165) is 11.5 Å². The van der Waals surface area contributed by atoms with Gasteiger partial charge in [0, 0.05) is 5.56 Å². The highest BCUT2D eigenvalue weighted by Crippen LogP contribution is 2.16. The number of benzene rings is 1. The number of carbonyl (C=O) groups excluding carboxylic acids is 1. The molecule has 1 atom stereocenters. The lowest BCUT2D eigenvalue weighted by Gasteiger charge is -2.10. The number of aliphatic hydroxyl groups excluding tert-OH is 1. The Morgan fingerprint density at radius 3 is 2.57 bits per heavy atom. The highest BCUT2D eigenvalue weighted by atomic mass is 16.5. The zero-order chi connectivity index (χ0) is 15.2. The Kier molecular flexibility index (Phi) is 5.00. The minimum Gasteiger partial charge on any atom is -0.494 e. The molecule has 112 valence electrons. The molecular formula is C16H19NO4. The van der Waals surface area contributed by atoms with Crippen LogP contribution in [0.2, 0.25) is 0 Å². The van der Waals surface area contributed by atoms with Gasteiger partial charge in [0.05, 0.1) is 13.2 Å². The van der Waals surface area contributed by atoms with Crippen molar-refractivity contribution in [3.8, 4) is 5.75 Å². The van der Waals surface area contributed by atoms with Crippen molar-refractivity contribution in [2.75, 3.05) is 13.2 Å². The van der Waals surface area contributed by atoms with Crippen molar-refractivity contribution >= 4 is 5.91 Å². The van der Waals surface area contributed by atoms with Gasteiger partial charge in [-0.05, 0) is 50.2 Å². The Morgan fingerprint density at radius 2 is 2.00 bits per heavy atom. The quantitative estimate of drug-likeness (QED) is 0.857. The molecular weight excluding hydrogens is 270 g/mol. The van der Waals surface area contributed by atoms with Gasteiger partial charge in [-0.25, -0.2) is 0 Å². The van der Waals surface area contributed by atoms with Gasteiger partial charge in [0.15, 0.2) is 0 Å². The second-order valence-corrected chi connectivity index (χ2v) is 4.63. The van der Waals surface area contributed by atoms with E-state index in [1.54, 1.807) is 43.3 Å². The fourth-order valence-electron chi connectivity index (χ4n) is 1.89. The van der Waals surface area contributed by atoms with Crippen LogP contribution in [0.15, 0.2) is 40.8 Å². The SMILES string of the molecule is CCOc1ccc(C(=O)NCC(O)c2ccc(C)o2)cc1. The molecule has 0 saturated carbocycles. The first kappa shape index (κ1) is 15.1. The summed E-state index contributed by atoms with van der Waals surface area (Å²) in [6.07, 6.45) is -0.856. The van der Waals surface area contributed by atoms with Crippen molar-refractivity contribution in [2.45, 2.75) is 20.0 Å². The highest BCUT2D eigenvalue weighted by molar-refractivity contribution is 5.94. The third-order valence-corrected chi connectivity index (χ3v) is 2.97. The van der Waals surface area contributed by atoms with Crippen LogP contribution in [-0.4, -0.2) is 24.2 Å². The molecule has 2 aromatic rings. The normalized spacial score (nSPS) is 12.0. The van der Waals surface area contributed by atoms with E-state index >= 15 is 0 Å². The van der Waals surface area contributed by atoms with Crippen molar-refractivity contribution in [2.24, 2.45) is 0 Å². The molecule has 0 radical (unpaired) electrons. The molecule has 0 bridgehead atoms. The number of ether oxygens (including phenoxy) is 1. The van der Waals surface area contributed by atoms with Crippen LogP contribution in [0.25, 0.3) is 0 Å². The minimum atomic E-state index is -0.856. The van der Waals surface area contributed by atoms with E-state index in [-0.39, 0.29) is 12.5 Å². The average Bonchev–Trinajstić information content (AvgIpc) is 2.92. The van der Waals surface area contributed by atoms with Crippen LogP contribution in [0, 0.1) is 6.92 Å². The van der Waals surface area contributed by atoms with Crippen LogP contribution in [-0.2, 0) is 0 Å². The molecule has 0 fully saturated rings. The molecule has 0 spiro atoms. The number of aryl methyl sites for hydroxylation is 1. The molecule has 5 heteroatoms. The topological polar surface area (TPSA) is 71.7 Å². The second-order valence-electron chi connectivity index (χ2n) is 4.63. The summed E-state index contributed by atoms with van der Waals surface area (Å²) < 4.78 is 10.6. The Labute approximate surface area is 123 Å². The number of rotatable bonds is 6. The first-order chi connectivity index (χ1) is 10.1. The maximum Gasteiger partial charge on any atom is 0.251 e.